The highest BCUT2D eigenvalue weighted by atomic mass is 16.7. The van der Waals surface area contributed by atoms with Gasteiger partial charge in [0.25, 0.3) is 11.7 Å². The fraction of sp³-hybridized carbons (Fsp3) is 0.565. The number of ketones is 1. The predicted molar refractivity (Wildman–Crippen MR) is 233 cm³/mol. The van der Waals surface area contributed by atoms with Gasteiger partial charge in [0.15, 0.2) is 5.75 Å². The van der Waals surface area contributed by atoms with Gasteiger partial charge in [-0.15, -0.1) is 0 Å². The van der Waals surface area contributed by atoms with Gasteiger partial charge in [0.1, 0.15) is 23.4 Å². The number of phenolic OH excluding ortho intramolecular Hbond substituents is 3. The summed E-state index contributed by atoms with van der Waals surface area (Å²) in [5, 5.41) is 67.3. The molecule has 0 radical (unpaired) electrons. The summed E-state index contributed by atoms with van der Waals surface area (Å²) in [6.07, 6.45) is 8.39. The Balaban J connectivity index is 1.99. The maximum absolute atomic E-state index is 14.5. The van der Waals surface area contributed by atoms with Crippen LogP contribution in [0.4, 0.5) is 5.69 Å². The Hall–Kier alpha value is -5.12. The number of fused-ring (bicyclic) bond motifs is 14. The van der Waals surface area contributed by atoms with Crippen molar-refractivity contribution in [3.05, 3.63) is 52.8 Å². The average Bonchev–Trinajstić information content (AvgIpc) is 3.49. The first kappa shape index (κ1) is 48.5. The van der Waals surface area contributed by atoms with Gasteiger partial charge in [-0.2, -0.15) is 5.10 Å². The first-order valence-electron chi connectivity index (χ1n) is 21.1. The van der Waals surface area contributed by atoms with Crippen molar-refractivity contribution in [1.82, 2.24) is 5.01 Å². The molecule has 0 fully saturated rings. The summed E-state index contributed by atoms with van der Waals surface area (Å²) in [5.74, 6) is -8.32. The van der Waals surface area contributed by atoms with Crippen LogP contribution in [0.1, 0.15) is 109 Å². The number of anilines is 1. The predicted octanol–water partition coefficient (Wildman–Crippen LogP) is 6.99. The van der Waals surface area contributed by atoms with Crippen LogP contribution in [0.15, 0.2) is 41.2 Å². The largest absolute Gasteiger partial charge is 0.507 e. The molecule has 61 heavy (non-hydrogen) atoms. The Morgan fingerprint density at radius 2 is 1.57 bits per heavy atom. The molecular formula is C46H65N3O12. The average molecular weight is 852 g/mol. The van der Waals surface area contributed by atoms with E-state index in [4.69, 9.17) is 18.9 Å². The minimum atomic E-state index is -2.05. The Bertz CT molecular complexity index is 2050. The number of ether oxygens (including phenoxy) is 4. The zero-order valence-electron chi connectivity index (χ0n) is 37.3. The molecule has 2 aromatic rings. The van der Waals surface area contributed by atoms with Gasteiger partial charge < -0.3 is 49.8 Å². The number of aliphatic hydroxyl groups excluding tert-OH is 2. The standard InChI is InChI=1S/C46H65N3O12/c1-12-14-20-49(21-15-13-2)47-23-31-36-41(55)34-33(40(31)54)35-43(29(8)39(34)53)61-46(10,44(35)56)59-22-19-32(58-11)26(5)42(60-30(9)50)28(7)38(52)27(6)37(51)24(3)17-16-18-25(4)45(57)48-36/h16-19,22-24,26-28,32,37-38,42,51-55H,12-15,20-21H2,1-11H3,(H,48,57)/t24-,26+,27-,28-,32+,37-,38-,42+,46+/m1/s1. The maximum Gasteiger partial charge on any atom is 0.312 e. The van der Waals surface area contributed by atoms with E-state index >= 15 is 0 Å². The van der Waals surface area contributed by atoms with Crippen LogP contribution in [0.25, 0.3) is 10.8 Å². The lowest BCUT2D eigenvalue weighted by atomic mass is 9.78. The third-order valence-corrected chi connectivity index (χ3v) is 11.9. The highest BCUT2D eigenvalue weighted by molar-refractivity contribution is 6.23. The van der Waals surface area contributed by atoms with Crippen LogP contribution in [-0.2, 0) is 23.8 Å². The van der Waals surface area contributed by atoms with Gasteiger partial charge in [-0.1, -0.05) is 72.6 Å². The number of aromatic hydroxyl groups is 3. The van der Waals surface area contributed by atoms with Crippen molar-refractivity contribution in [3.63, 3.8) is 0 Å². The van der Waals surface area contributed by atoms with Gasteiger partial charge in [0.05, 0.1) is 53.0 Å². The molecule has 3 aliphatic rings. The number of hydrogen-bond acceptors (Lipinski definition) is 14. The SMILES string of the molecule is CCCCN(CCCC)N=Cc1c2c(O)c3c(O)c(C)c4c(c3c1O)C(=O)[C@@](C)(OC=C[C@H](OC)[C@H](C)[C@H](OC(C)=O)[C@H](C)[C@H](O)[C@H](C)[C@H](O)[C@H](C)C=CC=C(C)C(=O)N2)O4. The fourth-order valence-corrected chi connectivity index (χ4v) is 7.92. The number of phenols is 3. The lowest BCUT2D eigenvalue weighted by molar-refractivity contribution is -0.160. The number of carbonyl (C=O) groups excluding carboxylic acids is 3. The number of nitrogens with zero attached hydrogens (tertiary/aromatic N) is 2. The zero-order chi connectivity index (χ0) is 45.5. The van der Waals surface area contributed by atoms with Crippen LogP contribution in [0, 0.1) is 30.6 Å². The molecule has 0 unspecified atom stereocenters. The summed E-state index contributed by atoms with van der Waals surface area (Å²) in [7, 11) is 1.44. The lowest BCUT2D eigenvalue weighted by Crippen LogP contribution is -2.46. The summed E-state index contributed by atoms with van der Waals surface area (Å²) in [6.45, 7) is 17.9. The van der Waals surface area contributed by atoms with Crippen molar-refractivity contribution < 1.29 is 58.9 Å². The van der Waals surface area contributed by atoms with Crippen LogP contribution >= 0.6 is 0 Å². The third-order valence-electron chi connectivity index (χ3n) is 11.9. The Labute approximate surface area is 358 Å². The van der Waals surface area contributed by atoms with Crippen LogP contribution < -0.4 is 10.1 Å². The van der Waals surface area contributed by atoms with E-state index in [9.17, 15) is 39.9 Å². The van der Waals surface area contributed by atoms with Gasteiger partial charge in [0, 0.05) is 74.2 Å². The number of methoxy groups -OCH3 is 1. The van der Waals surface area contributed by atoms with E-state index in [-0.39, 0.29) is 44.5 Å². The second kappa shape index (κ2) is 20.6. The quantitative estimate of drug-likeness (QED) is 0.0468. The van der Waals surface area contributed by atoms with Crippen molar-refractivity contribution in [2.45, 2.75) is 125 Å². The molecule has 5 rings (SSSR count). The molecule has 336 valence electrons. The Morgan fingerprint density at radius 3 is 2.16 bits per heavy atom. The van der Waals surface area contributed by atoms with E-state index in [2.05, 4.69) is 24.3 Å². The first-order chi connectivity index (χ1) is 28.8. The summed E-state index contributed by atoms with van der Waals surface area (Å²) >= 11 is 0. The van der Waals surface area contributed by atoms with E-state index in [0.717, 1.165) is 25.7 Å². The van der Waals surface area contributed by atoms with Crippen LogP contribution in [-0.4, -0.2) is 105 Å². The molecule has 0 aliphatic carbocycles. The molecule has 3 heterocycles. The Morgan fingerprint density at radius 1 is 0.934 bits per heavy atom. The summed E-state index contributed by atoms with van der Waals surface area (Å²) < 4.78 is 23.7. The molecular weight excluding hydrogens is 787 g/mol. The smallest absolute Gasteiger partial charge is 0.312 e. The van der Waals surface area contributed by atoms with E-state index in [1.807, 2.05) is 5.01 Å². The molecule has 0 saturated carbocycles. The zero-order valence-corrected chi connectivity index (χ0v) is 37.3. The third kappa shape index (κ3) is 10.3. The lowest BCUT2D eigenvalue weighted by Gasteiger charge is -2.38. The fourth-order valence-electron chi connectivity index (χ4n) is 7.92. The van der Waals surface area contributed by atoms with E-state index in [0.29, 0.717) is 13.1 Å². The van der Waals surface area contributed by atoms with Crippen LogP contribution in [0.5, 0.6) is 23.0 Å². The van der Waals surface area contributed by atoms with Gasteiger partial charge in [-0.05, 0) is 32.8 Å². The highest BCUT2D eigenvalue weighted by Gasteiger charge is 2.50. The van der Waals surface area contributed by atoms with Crippen molar-refractivity contribution in [2.24, 2.45) is 28.8 Å². The number of hydrazone groups is 1. The molecule has 15 nitrogen and oxygen atoms in total. The second-order valence-electron chi connectivity index (χ2n) is 16.5. The number of hydrogen-bond donors (Lipinski definition) is 6. The van der Waals surface area contributed by atoms with Crippen LogP contribution in [0.3, 0.4) is 0 Å². The number of carbonyl (C=O) groups is 3. The minimum absolute atomic E-state index is 0.0586. The summed E-state index contributed by atoms with van der Waals surface area (Å²) in [4.78, 5) is 40.7. The summed E-state index contributed by atoms with van der Waals surface area (Å²) in [6, 6.07) is 0. The number of esters is 1. The van der Waals surface area contributed by atoms with E-state index in [1.165, 1.54) is 59.4 Å². The number of benzene rings is 2. The first-order valence-corrected chi connectivity index (χ1v) is 21.1. The summed E-state index contributed by atoms with van der Waals surface area (Å²) in [5.41, 5.74) is -0.326. The maximum atomic E-state index is 14.5. The number of allylic oxidation sites excluding steroid dienone is 2. The molecule has 5 bridgehead atoms. The van der Waals surface area contributed by atoms with Crippen molar-refractivity contribution in [3.8, 4) is 23.0 Å². The number of rotatable bonds is 10. The molecule has 1 amide bonds. The van der Waals surface area contributed by atoms with E-state index in [1.54, 1.807) is 39.8 Å². The number of aliphatic hydroxyl groups is 2. The highest BCUT2D eigenvalue weighted by Crippen LogP contribution is 2.55. The number of Topliss-reactive ketones (excluding diaryl/α,β-unsaturated/α-hetero) is 1. The van der Waals surface area contributed by atoms with Crippen molar-refractivity contribution >= 4 is 40.3 Å². The molecule has 6 N–H and O–H groups in total. The van der Waals surface area contributed by atoms with Gasteiger partial charge >= 0.3 is 11.8 Å². The van der Waals surface area contributed by atoms with Gasteiger partial charge in [-0.25, -0.2) is 0 Å². The number of unbranched alkanes of at least 4 members (excludes halogenated alkanes) is 2. The molecule has 2 aromatic carbocycles. The molecule has 3 aliphatic heterocycles. The topological polar surface area (TPSA) is 217 Å². The molecule has 0 spiro atoms. The van der Waals surface area contributed by atoms with Crippen LogP contribution in [0.2, 0.25) is 0 Å². The van der Waals surface area contributed by atoms with E-state index < -0.39 is 88.8 Å². The molecule has 0 saturated heterocycles. The second-order valence-corrected chi connectivity index (χ2v) is 16.5. The molecule has 15 heteroatoms. The monoisotopic (exact) mass is 851 g/mol. The normalized spacial score (nSPS) is 27.6. The molecule has 9 atom stereocenters. The van der Waals surface area contributed by atoms with Gasteiger partial charge in [0.2, 0.25) is 0 Å². The van der Waals surface area contributed by atoms with Gasteiger partial charge in [-0.3, -0.25) is 19.4 Å². The minimum Gasteiger partial charge on any atom is -0.507 e. The van der Waals surface area contributed by atoms with Crippen molar-refractivity contribution in [2.75, 3.05) is 25.5 Å². The van der Waals surface area contributed by atoms with Crippen molar-refractivity contribution in [1.29, 1.82) is 0 Å². The number of nitrogens with one attached hydrogen (secondary N) is 1. The molecule has 0 aromatic heterocycles. The Kier molecular flexibility index (Phi) is 16.4. The number of amides is 1.